The zero-order valence-corrected chi connectivity index (χ0v) is 14.9. The van der Waals surface area contributed by atoms with E-state index in [1.54, 1.807) is 18.5 Å². The second kappa shape index (κ2) is 9.41. The lowest BCUT2D eigenvalue weighted by atomic mass is 10.1. The van der Waals surface area contributed by atoms with Gasteiger partial charge in [-0.15, -0.1) is 0 Å². The van der Waals surface area contributed by atoms with Gasteiger partial charge in [-0.05, 0) is 60.5 Å². The van der Waals surface area contributed by atoms with Crippen LogP contribution in [0.3, 0.4) is 0 Å². The van der Waals surface area contributed by atoms with Crippen LogP contribution >= 0.6 is 0 Å². The fraction of sp³-hybridized carbons (Fsp3) is 0.0909. The Kier molecular flexibility index (Phi) is 6.46. The smallest absolute Gasteiger partial charge is 0.244 e. The fourth-order valence-electron chi connectivity index (χ4n) is 2.50. The molecule has 1 heterocycles. The van der Waals surface area contributed by atoms with Gasteiger partial charge in [0.2, 0.25) is 5.91 Å². The molecule has 0 radical (unpaired) electrons. The van der Waals surface area contributed by atoms with E-state index >= 15 is 0 Å². The van der Waals surface area contributed by atoms with Gasteiger partial charge in [0, 0.05) is 24.4 Å². The van der Waals surface area contributed by atoms with Crippen LogP contribution < -0.4 is 10.1 Å². The summed E-state index contributed by atoms with van der Waals surface area (Å²) in [5.74, 6) is -0.210. The van der Waals surface area contributed by atoms with Gasteiger partial charge in [-0.3, -0.25) is 9.78 Å². The van der Waals surface area contributed by atoms with E-state index in [2.05, 4.69) is 10.3 Å². The number of hydrogen-bond acceptors (Lipinski definition) is 3. The van der Waals surface area contributed by atoms with Crippen LogP contribution in [0.1, 0.15) is 11.1 Å². The molecule has 0 fully saturated rings. The molecule has 1 aromatic heterocycles. The lowest BCUT2D eigenvalue weighted by molar-refractivity contribution is -0.116. The molecule has 0 aliphatic rings. The number of carbonyl (C=O) groups is 1. The van der Waals surface area contributed by atoms with Gasteiger partial charge in [-0.25, -0.2) is 8.78 Å². The number of carbonyl (C=O) groups excluding carboxylic acids is 1. The van der Waals surface area contributed by atoms with Gasteiger partial charge >= 0.3 is 0 Å². The quantitative estimate of drug-likeness (QED) is 0.613. The van der Waals surface area contributed by atoms with Crippen LogP contribution in [0.15, 0.2) is 73.1 Å². The van der Waals surface area contributed by atoms with E-state index in [1.807, 2.05) is 30.3 Å². The second-order valence-electron chi connectivity index (χ2n) is 5.98. The Morgan fingerprint density at radius 3 is 2.75 bits per heavy atom. The highest BCUT2D eigenvalue weighted by Gasteiger charge is 2.03. The molecule has 0 aliphatic carbocycles. The maximum Gasteiger partial charge on any atom is 0.244 e. The molecule has 142 valence electrons. The molecule has 2 aromatic carbocycles. The number of ether oxygens (including phenoxy) is 1. The van der Waals surface area contributed by atoms with E-state index in [4.69, 9.17) is 4.74 Å². The molecule has 0 bridgehead atoms. The third kappa shape index (κ3) is 5.74. The highest BCUT2D eigenvalue weighted by molar-refractivity contribution is 5.91. The van der Waals surface area contributed by atoms with Gasteiger partial charge in [0.05, 0.1) is 6.20 Å². The van der Waals surface area contributed by atoms with E-state index < -0.39 is 11.6 Å². The molecular formula is C22H18F2N2O2. The number of halogens is 2. The molecule has 6 heteroatoms. The summed E-state index contributed by atoms with van der Waals surface area (Å²) in [6.07, 6.45) is 6.32. The van der Waals surface area contributed by atoms with Crippen molar-refractivity contribution in [2.75, 3.05) is 6.54 Å². The molecule has 4 nitrogen and oxygen atoms in total. The summed E-state index contributed by atoms with van der Waals surface area (Å²) in [6.45, 7) is 0.394. The molecule has 1 N–H and O–H groups in total. The Labute approximate surface area is 161 Å². The minimum absolute atomic E-state index is 0.0235. The maximum atomic E-state index is 13.5. The van der Waals surface area contributed by atoms with Gasteiger partial charge in [-0.2, -0.15) is 0 Å². The highest BCUT2D eigenvalue weighted by Crippen LogP contribution is 2.21. The van der Waals surface area contributed by atoms with Crippen molar-refractivity contribution >= 4 is 12.0 Å². The number of benzene rings is 2. The summed E-state index contributed by atoms with van der Waals surface area (Å²) in [5.41, 5.74) is 1.01. The fourth-order valence-corrected chi connectivity index (χ4v) is 2.50. The average Bonchev–Trinajstić information content (AvgIpc) is 2.70. The molecule has 0 saturated carbocycles. The Morgan fingerprint density at radius 2 is 1.93 bits per heavy atom. The summed E-state index contributed by atoms with van der Waals surface area (Å²) < 4.78 is 32.4. The summed E-state index contributed by atoms with van der Waals surface area (Å²) in [6, 6.07) is 14.2. The molecule has 0 saturated heterocycles. The third-order valence-electron chi connectivity index (χ3n) is 3.85. The van der Waals surface area contributed by atoms with Crippen molar-refractivity contribution in [3.05, 3.63) is 95.8 Å². The van der Waals surface area contributed by atoms with Crippen molar-refractivity contribution in [2.24, 2.45) is 0 Å². The van der Waals surface area contributed by atoms with Gasteiger partial charge in [-0.1, -0.05) is 12.1 Å². The molecule has 1 amide bonds. The van der Waals surface area contributed by atoms with Crippen molar-refractivity contribution < 1.29 is 18.3 Å². The molecule has 0 atom stereocenters. The summed E-state index contributed by atoms with van der Waals surface area (Å²) >= 11 is 0. The molecule has 3 rings (SSSR count). The van der Waals surface area contributed by atoms with E-state index in [-0.39, 0.29) is 11.5 Å². The molecule has 28 heavy (non-hydrogen) atoms. The van der Waals surface area contributed by atoms with Crippen LogP contribution in [0, 0.1) is 11.6 Å². The maximum absolute atomic E-state index is 13.5. The van der Waals surface area contributed by atoms with Gasteiger partial charge < -0.3 is 10.1 Å². The number of aromatic nitrogens is 1. The van der Waals surface area contributed by atoms with E-state index in [1.165, 1.54) is 12.2 Å². The number of nitrogens with zero attached hydrogens (tertiary/aromatic N) is 1. The first-order chi connectivity index (χ1) is 13.6. The first-order valence-corrected chi connectivity index (χ1v) is 8.68. The summed E-state index contributed by atoms with van der Waals surface area (Å²) in [4.78, 5) is 15.9. The first kappa shape index (κ1) is 19.2. The van der Waals surface area contributed by atoms with E-state index in [0.717, 1.165) is 23.8 Å². The van der Waals surface area contributed by atoms with Crippen LogP contribution in [-0.2, 0) is 11.2 Å². The molecule has 0 aliphatic heterocycles. The van der Waals surface area contributed by atoms with Crippen LogP contribution in [-0.4, -0.2) is 17.4 Å². The lowest BCUT2D eigenvalue weighted by Gasteiger charge is -2.07. The standard InChI is InChI=1S/C22H18F2N2O2/c23-18-7-8-21(24)17(14-18)6-9-22(27)26-12-10-16-3-1-4-19(13-16)28-20-5-2-11-25-15-20/h1-9,11,13-15H,10,12H2,(H,26,27). The summed E-state index contributed by atoms with van der Waals surface area (Å²) in [5, 5.41) is 2.71. The third-order valence-corrected chi connectivity index (χ3v) is 3.85. The molecule has 0 unspecified atom stereocenters. The van der Waals surface area contributed by atoms with Crippen molar-refractivity contribution in [2.45, 2.75) is 6.42 Å². The number of amides is 1. The van der Waals surface area contributed by atoms with Gasteiger partial charge in [0.15, 0.2) is 0 Å². The van der Waals surface area contributed by atoms with Crippen LogP contribution in [0.4, 0.5) is 8.78 Å². The highest BCUT2D eigenvalue weighted by atomic mass is 19.1. The predicted molar refractivity (Wildman–Crippen MR) is 103 cm³/mol. The zero-order chi connectivity index (χ0) is 19.8. The monoisotopic (exact) mass is 380 g/mol. The molecule has 3 aromatic rings. The van der Waals surface area contributed by atoms with E-state index in [9.17, 15) is 13.6 Å². The minimum atomic E-state index is -0.587. The van der Waals surface area contributed by atoms with Crippen LogP contribution in [0.2, 0.25) is 0 Å². The van der Waals surface area contributed by atoms with Crippen molar-refractivity contribution in [1.29, 1.82) is 0 Å². The van der Waals surface area contributed by atoms with Crippen molar-refractivity contribution in [3.63, 3.8) is 0 Å². The average molecular weight is 380 g/mol. The van der Waals surface area contributed by atoms with Crippen molar-refractivity contribution in [1.82, 2.24) is 10.3 Å². The van der Waals surface area contributed by atoms with Gasteiger partial charge in [0.1, 0.15) is 23.1 Å². The lowest BCUT2D eigenvalue weighted by Crippen LogP contribution is -2.23. The van der Waals surface area contributed by atoms with Crippen LogP contribution in [0.25, 0.3) is 6.08 Å². The Hall–Kier alpha value is -3.54. The predicted octanol–water partition coefficient (Wildman–Crippen LogP) is 4.52. The second-order valence-corrected chi connectivity index (χ2v) is 5.98. The zero-order valence-electron chi connectivity index (χ0n) is 14.9. The number of pyridine rings is 1. The first-order valence-electron chi connectivity index (χ1n) is 8.68. The molecular weight excluding hydrogens is 362 g/mol. The number of nitrogens with one attached hydrogen (secondary N) is 1. The number of rotatable bonds is 7. The normalized spacial score (nSPS) is 10.8. The summed E-state index contributed by atoms with van der Waals surface area (Å²) in [7, 11) is 0. The Balaban J connectivity index is 1.50. The van der Waals surface area contributed by atoms with E-state index in [0.29, 0.717) is 24.5 Å². The van der Waals surface area contributed by atoms with Gasteiger partial charge in [0.25, 0.3) is 0 Å². The number of hydrogen-bond donors (Lipinski definition) is 1. The van der Waals surface area contributed by atoms with Crippen molar-refractivity contribution in [3.8, 4) is 11.5 Å². The Bertz CT molecular complexity index is 975. The largest absolute Gasteiger partial charge is 0.456 e. The topological polar surface area (TPSA) is 51.2 Å². The van der Waals surface area contributed by atoms with Crippen LogP contribution in [0.5, 0.6) is 11.5 Å². The SMILES string of the molecule is O=C(C=Cc1cc(F)ccc1F)NCCc1cccc(Oc2cccnc2)c1. The molecule has 0 spiro atoms. The Morgan fingerprint density at radius 1 is 1.07 bits per heavy atom. The minimum Gasteiger partial charge on any atom is -0.456 e.